The Labute approximate surface area is 224 Å². The van der Waals surface area contributed by atoms with Crippen molar-refractivity contribution >= 4 is 46.8 Å². The number of nitrogens with zero attached hydrogens (tertiary/aromatic N) is 1. The van der Waals surface area contributed by atoms with E-state index >= 15 is 0 Å². The third kappa shape index (κ3) is 6.97. The number of hydrogen-bond acceptors (Lipinski definition) is 8. The van der Waals surface area contributed by atoms with Crippen LogP contribution in [0.2, 0.25) is 0 Å². The van der Waals surface area contributed by atoms with E-state index in [9.17, 15) is 14.7 Å². The third-order valence-corrected chi connectivity index (χ3v) is 6.89. The fraction of sp³-hybridized carbons (Fsp3) is 0.179. The van der Waals surface area contributed by atoms with E-state index in [2.05, 4.69) is 0 Å². The van der Waals surface area contributed by atoms with E-state index in [1.807, 2.05) is 66.7 Å². The van der Waals surface area contributed by atoms with Crippen molar-refractivity contribution in [3.63, 3.8) is 0 Å². The molecule has 4 rings (SSSR count). The van der Waals surface area contributed by atoms with E-state index in [1.165, 1.54) is 4.90 Å². The number of thiocarbonyl (C=S) groups is 1. The summed E-state index contributed by atoms with van der Waals surface area (Å²) < 4.78 is 17.3. The van der Waals surface area contributed by atoms with E-state index in [1.54, 1.807) is 18.2 Å². The van der Waals surface area contributed by atoms with E-state index in [0.717, 1.165) is 29.3 Å². The van der Waals surface area contributed by atoms with Crippen LogP contribution in [0.25, 0.3) is 6.08 Å². The molecule has 0 radical (unpaired) electrons. The van der Waals surface area contributed by atoms with Crippen LogP contribution in [-0.4, -0.2) is 46.7 Å². The lowest BCUT2D eigenvalue weighted by atomic mass is 10.1. The first-order valence-electron chi connectivity index (χ1n) is 11.5. The van der Waals surface area contributed by atoms with Crippen LogP contribution < -0.4 is 9.47 Å². The molecule has 1 fully saturated rings. The second-order valence-electron chi connectivity index (χ2n) is 7.99. The second-order valence-corrected chi connectivity index (χ2v) is 9.67. The summed E-state index contributed by atoms with van der Waals surface area (Å²) >= 11 is 6.37. The smallest absolute Gasteiger partial charge is 0.294 e. The summed E-state index contributed by atoms with van der Waals surface area (Å²) in [5.41, 5.74) is 2.66. The van der Waals surface area contributed by atoms with Gasteiger partial charge < -0.3 is 19.3 Å². The number of carbonyl (C=O) groups is 2. The molecule has 1 atom stereocenters. The Morgan fingerprint density at radius 1 is 1.00 bits per heavy atom. The quantitative estimate of drug-likeness (QED) is 0.202. The molecule has 0 saturated carbocycles. The van der Waals surface area contributed by atoms with Crippen molar-refractivity contribution in [2.75, 3.05) is 19.9 Å². The van der Waals surface area contributed by atoms with Crippen LogP contribution in [0.3, 0.4) is 0 Å². The minimum atomic E-state index is -0.605. The molecule has 0 spiro atoms. The molecular weight excluding hydrogens is 510 g/mol. The number of rotatable bonds is 12. The fourth-order valence-corrected chi connectivity index (χ4v) is 4.88. The zero-order valence-electron chi connectivity index (χ0n) is 19.8. The number of thioether (sulfide) groups is 1. The van der Waals surface area contributed by atoms with Crippen molar-refractivity contribution < 1.29 is 28.9 Å². The minimum absolute atomic E-state index is 0.229. The Hall–Kier alpha value is -3.66. The zero-order chi connectivity index (χ0) is 26.0. The highest BCUT2D eigenvalue weighted by atomic mass is 32.2. The molecule has 1 N–H and O–H groups in total. The topological polar surface area (TPSA) is 85.3 Å². The van der Waals surface area contributed by atoms with E-state index < -0.39 is 6.10 Å². The molecule has 37 heavy (non-hydrogen) atoms. The highest BCUT2D eigenvalue weighted by Gasteiger charge is 2.32. The standard InChI is InChI=1S/C28H25NO6S2/c30-17-25(22-9-5-2-6-10-22)35-24-15-21(16-26-27(32)29(18-33-19-31)28(36)37-26)11-12-23(24)34-14-13-20-7-3-1-4-8-20/h1-12,15-16,19,25,30H,13-14,17-18H2. The first kappa shape index (κ1) is 26.4. The van der Waals surface area contributed by atoms with Crippen LogP contribution in [0.15, 0.2) is 83.8 Å². The molecule has 1 unspecified atom stereocenters. The van der Waals surface area contributed by atoms with Crippen LogP contribution in [0.1, 0.15) is 22.8 Å². The van der Waals surface area contributed by atoms with Crippen molar-refractivity contribution in [1.82, 2.24) is 4.90 Å². The molecular formula is C28H25NO6S2. The van der Waals surface area contributed by atoms with Gasteiger partial charge >= 0.3 is 0 Å². The minimum Gasteiger partial charge on any atom is -0.489 e. The van der Waals surface area contributed by atoms with Crippen LogP contribution in [-0.2, 0) is 20.7 Å². The van der Waals surface area contributed by atoms with E-state index in [0.29, 0.717) is 32.9 Å². The van der Waals surface area contributed by atoms with Gasteiger partial charge in [-0.15, -0.1) is 0 Å². The molecule has 9 heteroatoms. The Bertz CT molecular complexity index is 1270. The molecule has 0 aromatic heterocycles. The Kier molecular flexibility index (Phi) is 9.31. The highest BCUT2D eigenvalue weighted by molar-refractivity contribution is 8.26. The Morgan fingerprint density at radius 3 is 2.43 bits per heavy atom. The van der Waals surface area contributed by atoms with Crippen LogP contribution in [0.5, 0.6) is 11.5 Å². The summed E-state index contributed by atoms with van der Waals surface area (Å²) in [4.78, 5) is 24.9. The molecule has 0 aliphatic carbocycles. The zero-order valence-corrected chi connectivity index (χ0v) is 21.5. The van der Waals surface area contributed by atoms with E-state index in [4.69, 9.17) is 26.4 Å². The molecule has 1 saturated heterocycles. The molecule has 3 aromatic carbocycles. The molecule has 1 aliphatic heterocycles. The van der Waals surface area contributed by atoms with Crippen molar-refractivity contribution in [3.05, 3.63) is 100 Å². The number of amides is 1. The van der Waals surface area contributed by atoms with Crippen molar-refractivity contribution in [2.24, 2.45) is 0 Å². The van der Waals surface area contributed by atoms with Gasteiger partial charge in [-0.1, -0.05) is 90.7 Å². The van der Waals surface area contributed by atoms with Gasteiger partial charge in [0.25, 0.3) is 12.4 Å². The van der Waals surface area contributed by atoms with Gasteiger partial charge in [0.05, 0.1) is 18.1 Å². The average Bonchev–Trinajstić information content (AvgIpc) is 3.19. The number of benzene rings is 3. The van der Waals surface area contributed by atoms with Gasteiger partial charge in [-0.25, -0.2) is 0 Å². The normalized spacial score (nSPS) is 15.1. The van der Waals surface area contributed by atoms with Crippen molar-refractivity contribution in [1.29, 1.82) is 0 Å². The van der Waals surface area contributed by atoms with Crippen molar-refractivity contribution in [2.45, 2.75) is 12.5 Å². The van der Waals surface area contributed by atoms with Gasteiger partial charge in [0.2, 0.25) is 0 Å². The van der Waals surface area contributed by atoms with Gasteiger partial charge in [-0.2, -0.15) is 0 Å². The van der Waals surface area contributed by atoms with Gasteiger partial charge in [-0.3, -0.25) is 14.5 Å². The maximum absolute atomic E-state index is 12.7. The van der Waals surface area contributed by atoms with Crippen LogP contribution in [0.4, 0.5) is 0 Å². The third-order valence-electron chi connectivity index (χ3n) is 5.51. The average molecular weight is 536 g/mol. The Morgan fingerprint density at radius 2 is 1.73 bits per heavy atom. The molecule has 0 bridgehead atoms. The molecule has 1 amide bonds. The second kappa shape index (κ2) is 13.0. The summed E-state index contributed by atoms with van der Waals surface area (Å²) in [7, 11) is 0. The SMILES string of the molecule is O=COCN1C(=O)C(=Cc2ccc(OCCc3ccccc3)c(OC(CO)c3ccccc3)c2)SC1=S. The molecule has 1 aliphatic rings. The van der Waals surface area contributed by atoms with Gasteiger partial charge in [0.1, 0.15) is 6.10 Å². The maximum atomic E-state index is 12.7. The Balaban J connectivity index is 1.58. The van der Waals surface area contributed by atoms with Crippen LogP contribution >= 0.6 is 24.0 Å². The van der Waals surface area contributed by atoms with Crippen molar-refractivity contribution in [3.8, 4) is 11.5 Å². The first-order chi connectivity index (χ1) is 18.1. The number of ether oxygens (including phenoxy) is 3. The molecule has 7 nitrogen and oxygen atoms in total. The van der Waals surface area contributed by atoms with Gasteiger partial charge in [0.15, 0.2) is 22.6 Å². The number of carbonyl (C=O) groups excluding carboxylic acids is 2. The lowest BCUT2D eigenvalue weighted by Crippen LogP contribution is -2.30. The lowest BCUT2D eigenvalue weighted by Gasteiger charge is -2.20. The van der Waals surface area contributed by atoms with E-state index in [-0.39, 0.29) is 25.7 Å². The summed E-state index contributed by atoms with van der Waals surface area (Å²) in [5.74, 6) is 0.610. The first-order valence-corrected chi connectivity index (χ1v) is 12.8. The van der Waals surface area contributed by atoms with Crippen LogP contribution in [0, 0.1) is 0 Å². The monoisotopic (exact) mass is 535 g/mol. The predicted molar refractivity (Wildman–Crippen MR) is 146 cm³/mol. The maximum Gasteiger partial charge on any atom is 0.294 e. The number of aliphatic hydroxyl groups excluding tert-OH is 1. The lowest BCUT2D eigenvalue weighted by molar-refractivity contribution is -0.135. The fourth-order valence-electron chi connectivity index (χ4n) is 3.65. The molecule has 3 aromatic rings. The summed E-state index contributed by atoms with van der Waals surface area (Å²) in [6.45, 7) is 0.243. The number of aliphatic hydroxyl groups is 1. The summed E-state index contributed by atoms with van der Waals surface area (Å²) in [5, 5.41) is 10.0. The number of hydrogen-bond donors (Lipinski definition) is 1. The highest BCUT2D eigenvalue weighted by Crippen LogP contribution is 2.36. The summed E-state index contributed by atoms with van der Waals surface area (Å²) in [6, 6.07) is 24.8. The predicted octanol–water partition coefficient (Wildman–Crippen LogP) is 4.75. The molecule has 190 valence electrons. The largest absolute Gasteiger partial charge is 0.489 e. The van der Waals surface area contributed by atoms with Gasteiger partial charge in [-0.05, 0) is 34.9 Å². The summed E-state index contributed by atoms with van der Waals surface area (Å²) in [6.07, 6.45) is 1.80. The molecule has 1 heterocycles. The van der Waals surface area contributed by atoms with Gasteiger partial charge in [0, 0.05) is 6.42 Å².